The van der Waals surface area contributed by atoms with Crippen molar-refractivity contribution in [2.24, 2.45) is 0 Å². The number of fused-ring (bicyclic) bond motifs is 1. The van der Waals surface area contributed by atoms with Gasteiger partial charge in [-0.15, -0.1) is 10.2 Å². The lowest BCUT2D eigenvalue weighted by atomic mass is 10.4. The summed E-state index contributed by atoms with van der Waals surface area (Å²) < 4.78 is 1.43. The standard InChI is InChI=1S/C8H5ClN6O/c1-10-3-6(16)13-5-2-11-8(9)15-4-12-14-7(5)15/h2,4H,3H2,(H,13,16). The maximum absolute atomic E-state index is 11.2. The van der Waals surface area contributed by atoms with Crippen molar-refractivity contribution >= 4 is 28.8 Å². The van der Waals surface area contributed by atoms with Crippen LogP contribution >= 0.6 is 11.6 Å². The van der Waals surface area contributed by atoms with E-state index in [0.717, 1.165) is 0 Å². The van der Waals surface area contributed by atoms with Crippen molar-refractivity contribution in [3.8, 4) is 0 Å². The fraction of sp³-hybridized carbons (Fsp3) is 0.125. The fourth-order valence-corrected chi connectivity index (χ4v) is 1.31. The van der Waals surface area contributed by atoms with Crippen LogP contribution in [-0.4, -0.2) is 32.0 Å². The highest BCUT2D eigenvalue weighted by molar-refractivity contribution is 6.28. The summed E-state index contributed by atoms with van der Waals surface area (Å²) in [4.78, 5) is 18.0. The summed E-state index contributed by atoms with van der Waals surface area (Å²) in [7, 11) is 0. The molecule has 0 spiro atoms. The Kier molecular flexibility index (Phi) is 2.66. The Balaban J connectivity index is 2.39. The third-order valence-electron chi connectivity index (χ3n) is 1.78. The first-order valence-electron chi connectivity index (χ1n) is 4.19. The van der Waals surface area contributed by atoms with E-state index in [1.165, 1.54) is 16.9 Å². The zero-order chi connectivity index (χ0) is 11.5. The van der Waals surface area contributed by atoms with Gasteiger partial charge in [0.1, 0.15) is 12.0 Å². The molecule has 80 valence electrons. The first-order valence-corrected chi connectivity index (χ1v) is 4.57. The minimum absolute atomic E-state index is 0.197. The largest absolute Gasteiger partial charge is 0.315 e. The van der Waals surface area contributed by atoms with Gasteiger partial charge in [-0.05, 0) is 11.6 Å². The first kappa shape index (κ1) is 10.3. The van der Waals surface area contributed by atoms with E-state index in [4.69, 9.17) is 18.2 Å². The highest BCUT2D eigenvalue weighted by Gasteiger charge is 2.11. The summed E-state index contributed by atoms with van der Waals surface area (Å²) in [5.74, 6) is -0.427. The van der Waals surface area contributed by atoms with Crippen LogP contribution in [0.15, 0.2) is 12.5 Å². The molecule has 2 aromatic rings. The SMILES string of the molecule is [C-]#[N+]CC(=O)Nc1cnc(Cl)n2cnnc12. The average molecular weight is 237 g/mol. The summed E-state index contributed by atoms with van der Waals surface area (Å²) in [6.45, 7) is 6.31. The van der Waals surface area contributed by atoms with Crippen molar-refractivity contribution < 1.29 is 4.79 Å². The van der Waals surface area contributed by atoms with E-state index in [2.05, 4.69) is 25.3 Å². The van der Waals surface area contributed by atoms with Crippen LogP contribution in [0.4, 0.5) is 5.69 Å². The van der Waals surface area contributed by atoms with E-state index >= 15 is 0 Å². The summed E-state index contributed by atoms with van der Waals surface area (Å²) in [5.41, 5.74) is 0.758. The lowest BCUT2D eigenvalue weighted by molar-refractivity contribution is -0.114. The molecular formula is C8H5ClN6O. The van der Waals surface area contributed by atoms with Crippen LogP contribution in [0.1, 0.15) is 0 Å². The van der Waals surface area contributed by atoms with Crippen molar-refractivity contribution in [3.05, 3.63) is 29.2 Å². The van der Waals surface area contributed by atoms with Gasteiger partial charge in [-0.25, -0.2) is 11.6 Å². The van der Waals surface area contributed by atoms with Gasteiger partial charge in [-0.1, -0.05) is 0 Å². The minimum atomic E-state index is -0.427. The molecule has 16 heavy (non-hydrogen) atoms. The van der Waals surface area contributed by atoms with Crippen LogP contribution in [0.2, 0.25) is 5.28 Å². The zero-order valence-corrected chi connectivity index (χ0v) is 8.64. The molecule has 0 saturated carbocycles. The molecule has 2 rings (SSSR count). The number of carbonyl (C=O) groups is 1. The summed E-state index contributed by atoms with van der Waals surface area (Å²) >= 11 is 5.78. The number of nitrogens with zero attached hydrogens (tertiary/aromatic N) is 5. The Hall–Kier alpha value is -2.20. The lowest BCUT2D eigenvalue weighted by Crippen LogP contribution is -2.15. The molecule has 0 aliphatic rings. The van der Waals surface area contributed by atoms with Crippen molar-refractivity contribution in [3.63, 3.8) is 0 Å². The number of amides is 1. The molecule has 0 fully saturated rings. The molecule has 0 aliphatic heterocycles. The van der Waals surface area contributed by atoms with Gasteiger partial charge in [0, 0.05) is 0 Å². The van der Waals surface area contributed by atoms with Crippen molar-refractivity contribution in [2.45, 2.75) is 0 Å². The molecule has 0 aliphatic carbocycles. The Labute approximate surface area is 94.9 Å². The first-order chi connectivity index (χ1) is 7.72. The topological polar surface area (TPSA) is 76.5 Å². The smallest absolute Gasteiger partial charge is 0.304 e. The van der Waals surface area contributed by atoms with Gasteiger partial charge in [-0.3, -0.25) is 9.20 Å². The van der Waals surface area contributed by atoms with Crippen molar-refractivity contribution in [1.82, 2.24) is 19.6 Å². The van der Waals surface area contributed by atoms with E-state index in [0.29, 0.717) is 11.3 Å². The van der Waals surface area contributed by atoms with E-state index in [1.54, 1.807) is 0 Å². The van der Waals surface area contributed by atoms with Gasteiger partial charge >= 0.3 is 5.91 Å². The number of hydrogen-bond donors (Lipinski definition) is 1. The lowest BCUT2D eigenvalue weighted by Gasteiger charge is -2.02. The molecule has 0 radical (unpaired) electrons. The second-order valence-electron chi connectivity index (χ2n) is 2.83. The molecule has 2 aromatic heterocycles. The van der Waals surface area contributed by atoms with Gasteiger partial charge in [-0.2, -0.15) is 0 Å². The van der Waals surface area contributed by atoms with E-state index in [-0.39, 0.29) is 11.8 Å². The van der Waals surface area contributed by atoms with Gasteiger partial charge in [0.25, 0.3) is 6.54 Å². The Morgan fingerprint density at radius 2 is 2.50 bits per heavy atom. The van der Waals surface area contributed by atoms with Gasteiger partial charge < -0.3 is 10.2 Å². The molecule has 7 nitrogen and oxygen atoms in total. The molecule has 8 heteroatoms. The van der Waals surface area contributed by atoms with Crippen molar-refractivity contribution in [2.75, 3.05) is 11.9 Å². The van der Waals surface area contributed by atoms with Crippen LogP contribution in [0.5, 0.6) is 0 Å². The van der Waals surface area contributed by atoms with Crippen LogP contribution in [0.25, 0.3) is 10.5 Å². The second-order valence-corrected chi connectivity index (χ2v) is 3.17. The summed E-state index contributed by atoms with van der Waals surface area (Å²) in [5, 5.41) is 10.1. The maximum atomic E-state index is 11.2. The quantitative estimate of drug-likeness (QED) is 0.613. The molecule has 0 saturated heterocycles. The van der Waals surface area contributed by atoms with E-state index < -0.39 is 5.91 Å². The fourth-order valence-electron chi connectivity index (χ4n) is 1.14. The van der Waals surface area contributed by atoms with Crippen molar-refractivity contribution in [1.29, 1.82) is 0 Å². The molecule has 0 unspecified atom stereocenters. The number of halogens is 1. The predicted octanol–water partition coefficient (Wildman–Crippen LogP) is 0.635. The highest BCUT2D eigenvalue weighted by atomic mass is 35.5. The number of rotatable bonds is 2. The molecule has 2 heterocycles. The van der Waals surface area contributed by atoms with Crippen LogP contribution in [0.3, 0.4) is 0 Å². The normalized spacial score (nSPS) is 10.0. The van der Waals surface area contributed by atoms with E-state index in [1.807, 2.05) is 0 Å². The molecular weight excluding hydrogens is 232 g/mol. The molecule has 0 bridgehead atoms. The number of anilines is 1. The third kappa shape index (κ3) is 1.78. The number of carbonyl (C=O) groups excluding carboxylic acids is 1. The monoisotopic (exact) mass is 236 g/mol. The van der Waals surface area contributed by atoms with Crippen LogP contribution in [-0.2, 0) is 4.79 Å². The molecule has 0 atom stereocenters. The number of nitrogens with one attached hydrogen (secondary N) is 1. The van der Waals surface area contributed by atoms with Gasteiger partial charge in [0.15, 0.2) is 5.65 Å². The minimum Gasteiger partial charge on any atom is -0.315 e. The zero-order valence-electron chi connectivity index (χ0n) is 7.88. The van der Waals surface area contributed by atoms with Gasteiger partial charge in [0.05, 0.1) is 6.20 Å². The van der Waals surface area contributed by atoms with Gasteiger partial charge in [0.2, 0.25) is 5.28 Å². The Morgan fingerprint density at radius 1 is 1.69 bits per heavy atom. The Bertz CT molecular complexity index is 586. The molecule has 0 aromatic carbocycles. The maximum Gasteiger partial charge on any atom is 0.304 e. The third-order valence-corrected chi connectivity index (χ3v) is 2.06. The van der Waals surface area contributed by atoms with Crippen LogP contribution in [0, 0.1) is 6.57 Å². The molecule has 1 N–H and O–H groups in total. The highest BCUT2D eigenvalue weighted by Crippen LogP contribution is 2.16. The molecule has 1 amide bonds. The number of aromatic nitrogens is 4. The predicted molar refractivity (Wildman–Crippen MR) is 55.9 cm³/mol. The van der Waals surface area contributed by atoms with Crippen LogP contribution < -0.4 is 5.32 Å². The number of hydrogen-bond acceptors (Lipinski definition) is 4. The average Bonchev–Trinajstić information content (AvgIpc) is 2.72. The van der Waals surface area contributed by atoms with E-state index in [9.17, 15) is 4.79 Å². The second kappa shape index (κ2) is 4.12. The summed E-state index contributed by atoms with van der Waals surface area (Å²) in [6.07, 6.45) is 2.75. The Morgan fingerprint density at radius 3 is 3.25 bits per heavy atom. The summed E-state index contributed by atoms with van der Waals surface area (Å²) in [6, 6.07) is 0.